The molecule has 112 valence electrons. The van der Waals surface area contributed by atoms with Crippen LogP contribution in [0.3, 0.4) is 0 Å². The van der Waals surface area contributed by atoms with Crippen molar-refractivity contribution in [3.63, 3.8) is 0 Å². The molecule has 2 aromatic heterocycles. The van der Waals surface area contributed by atoms with Gasteiger partial charge in [0.1, 0.15) is 11.6 Å². The van der Waals surface area contributed by atoms with Crippen molar-refractivity contribution >= 4 is 11.6 Å². The Bertz CT molecular complexity index is 702. The molecule has 3 aromatic rings. The van der Waals surface area contributed by atoms with E-state index in [2.05, 4.69) is 5.32 Å². The molecule has 1 aromatic carbocycles. The molecule has 4 nitrogen and oxygen atoms in total. The number of nitrogens with zero attached hydrogens (tertiary/aromatic N) is 1. The minimum absolute atomic E-state index is 0.193. The molecule has 0 aliphatic rings. The molecule has 0 fully saturated rings. The lowest BCUT2D eigenvalue weighted by atomic mass is 10.1. The molecule has 22 heavy (non-hydrogen) atoms. The van der Waals surface area contributed by atoms with Gasteiger partial charge in [-0.25, -0.2) is 4.39 Å². The summed E-state index contributed by atoms with van der Waals surface area (Å²) in [6.45, 7) is 0. The Balaban J connectivity index is 1.75. The highest BCUT2D eigenvalue weighted by molar-refractivity contribution is 5.91. The van der Waals surface area contributed by atoms with Crippen LogP contribution in [0.1, 0.15) is 18.2 Å². The number of aromatic nitrogens is 1. The molecule has 5 heteroatoms. The monoisotopic (exact) mass is 298 g/mol. The smallest absolute Gasteiger partial charge is 0.226 e. The normalized spacial score (nSPS) is 12.0. The summed E-state index contributed by atoms with van der Waals surface area (Å²) >= 11 is 0. The second-order valence-electron chi connectivity index (χ2n) is 4.92. The topological polar surface area (TPSA) is 47.2 Å². The van der Waals surface area contributed by atoms with Crippen LogP contribution >= 0.6 is 0 Å². The average Bonchev–Trinajstić information content (AvgIpc) is 3.18. The summed E-state index contributed by atoms with van der Waals surface area (Å²) < 4.78 is 20.5. The van der Waals surface area contributed by atoms with Crippen LogP contribution in [0.2, 0.25) is 0 Å². The Morgan fingerprint density at radius 1 is 1.18 bits per heavy atom. The number of hydrogen-bond donors (Lipinski definition) is 1. The fraction of sp³-hybridized carbons (Fsp3) is 0.118. The van der Waals surface area contributed by atoms with Gasteiger partial charge < -0.3 is 14.3 Å². The lowest BCUT2D eigenvalue weighted by molar-refractivity contribution is -0.116. The van der Waals surface area contributed by atoms with E-state index in [1.807, 2.05) is 35.2 Å². The predicted octanol–water partition coefficient (Wildman–Crippen LogP) is 3.84. The van der Waals surface area contributed by atoms with Crippen LogP contribution in [0, 0.1) is 5.82 Å². The van der Waals surface area contributed by atoms with E-state index in [1.54, 1.807) is 24.5 Å². The van der Waals surface area contributed by atoms with E-state index in [-0.39, 0.29) is 24.2 Å². The zero-order valence-corrected chi connectivity index (χ0v) is 11.8. The largest absolute Gasteiger partial charge is 0.467 e. The van der Waals surface area contributed by atoms with Crippen molar-refractivity contribution < 1.29 is 13.6 Å². The Morgan fingerprint density at radius 2 is 2.00 bits per heavy atom. The van der Waals surface area contributed by atoms with Crippen LogP contribution in [-0.2, 0) is 4.79 Å². The maximum atomic E-state index is 13.2. The number of furan rings is 1. The van der Waals surface area contributed by atoms with Crippen LogP contribution in [0.15, 0.2) is 71.6 Å². The highest BCUT2D eigenvalue weighted by Gasteiger charge is 2.19. The molecule has 0 aliphatic carbocycles. The van der Waals surface area contributed by atoms with Gasteiger partial charge in [-0.2, -0.15) is 0 Å². The number of amides is 1. The predicted molar refractivity (Wildman–Crippen MR) is 80.9 cm³/mol. The van der Waals surface area contributed by atoms with Gasteiger partial charge in [-0.05, 0) is 42.5 Å². The van der Waals surface area contributed by atoms with E-state index in [4.69, 9.17) is 4.42 Å². The van der Waals surface area contributed by atoms with E-state index in [1.165, 1.54) is 12.1 Å². The van der Waals surface area contributed by atoms with Gasteiger partial charge in [-0.3, -0.25) is 4.79 Å². The highest BCUT2D eigenvalue weighted by Crippen LogP contribution is 2.23. The molecule has 0 bridgehead atoms. The van der Waals surface area contributed by atoms with Gasteiger partial charge in [0, 0.05) is 18.1 Å². The second-order valence-corrected chi connectivity index (χ2v) is 4.92. The number of carbonyl (C=O) groups is 1. The molecular formula is C17H15FN2O2. The van der Waals surface area contributed by atoms with E-state index in [0.29, 0.717) is 11.4 Å². The van der Waals surface area contributed by atoms with Gasteiger partial charge in [-0.1, -0.05) is 6.07 Å². The molecule has 0 radical (unpaired) electrons. The minimum Gasteiger partial charge on any atom is -0.467 e. The van der Waals surface area contributed by atoms with Crippen LogP contribution in [0.5, 0.6) is 0 Å². The first kappa shape index (κ1) is 14.1. The molecule has 1 amide bonds. The van der Waals surface area contributed by atoms with Gasteiger partial charge in [0.2, 0.25) is 5.91 Å². The third-order valence-electron chi connectivity index (χ3n) is 3.35. The number of hydrogen-bond acceptors (Lipinski definition) is 2. The Morgan fingerprint density at radius 3 is 2.68 bits per heavy atom. The summed E-state index contributed by atoms with van der Waals surface area (Å²) in [6.07, 6.45) is 5.53. The first-order valence-corrected chi connectivity index (χ1v) is 6.93. The minimum atomic E-state index is -0.384. The van der Waals surface area contributed by atoms with Crippen molar-refractivity contribution in [2.24, 2.45) is 0 Å². The van der Waals surface area contributed by atoms with E-state index in [9.17, 15) is 9.18 Å². The van der Waals surface area contributed by atoms with Gasteiger partial charge in [0.15, 0.2) is 0 Å². The molecule has 1 N–H and O–H groups in total. The van der Waals surface area contributed by atoms with Crippen LogP contribution < -0.4 is 5.32 Å². The lowest BCUT2D eigenvalue weighted by Gasteiger charge is -2.16. The van der Waals surface area contributed by atoms with Crippen molar-refractivity contribution in [3.8, 4) is 0 Å². The average molecular weight is 298 g/mol. The summed E-state index contributed by atoms with van der Waals surface area (Å²) in [5.41, 5.74) is 0.440. The first-order valence-electron chi connectivity index (χ1n) is 6.93. The molecule has 0 unspecified atom stereocenters. The van der Waals surface area contributed by atoms with Crippen molar-refractivity contribution in [2.75, 3.05) is 5.32 Å². The van der Waals surface area contributed by atoms with E-state index < -0.39 is 0 Å². The van der Waals surface area contributed by atoms with Crippen molar-refractivity contribution in [2.45, 2.75) is 12.5 Å². The summed E-state index contributed by atoms with van der Waals surface area (Å²) in [5, 5.41) is 2.70. The zero-order chi connectivity index (χ0) is 15.4. The number of benzene rings is 1. The zero-order valence-electron chi connectivity index (χ0n) is 11.8. The van der Waals surface area contributed by atoms with Gasteiger partial charge in [0.05, 0.1) is 18.7 Å². The number of halogens is 1. The molecule has 0 saturated carbocycles. The third-order valence-corrected chi connectivity index (χ3v) is 3.35. The number of nitrogens with one attached hydrogen (secondary N) is 1. The van der Waals surface area contributed by atoms with Crippen LogP contribution in [-0.4, -0.2) is 10.5 Å². The molecule has 0 spiro atoms. The lowest BCUT2D eigenvalue weighted by Crippen LogP contribution is -2.19. The fourth-order valence-corrected chi connectivity index (χ4v) is 2.34. The highest BCUT2D eigenvalue weighted by atomic mass is 19.1. The summed E-state index contributed by atoms with van der Waals surface area (Å²) in [7, 11) is 0. The number of carbonyl (C=O) groups excluding carboxylic acids is 1. The number of anilines is 1. The molecule has 2 heterocycles. The SMILES string of the molecule is O=C(C[C@H](c1ccco1)n1cccc1)Nc1cccc(F)c1. The van der Waals surface area contributed by atoms with Crippen molar-refractivity contribution in [1.29, 1.82) is 0 Å². The molecule has 3 rings (SSSR count). The second kappa shape index (κ2) is 6.30. The van der Waals surface area contributed by atoms with Crippen LogP contribution in [0.25, 0.3) is 0 Å². The molecule has 0 aliphatic heterocycles. The Labute approximate surface area is 127 Å². The summed E-state index contributed by atoms with van der Waals surface area (Å²) in [6, 6.07) is 13.0. The summed E-state index contributed by atoms with van der Waals surface area (Å²) in [4.78, 5) is 12.2. The molecular weight excluding hydrogens is 283 g/mol. The Kier molecular flexibility index (Phi) is 4.05. The standard InChI is InChI=1S/C17H15FN2O2/c18-13-5-3-6-14(11-13)19-17(21)12-15(16-7-4-10-22-16)20-8-1-2-9-20/h1-11,15H,12H2,(H,19,21)/t15-/m1/s1. The quantitative estimate of drug-likeness (QED) is 0.778. The first-order chi connectivity index (χ1) is 10.7. The van der Waals surface area contributed by atoms with Crippen molar-refractivity contribution in [1.82, 2.24) is 4.57 Å². The van der Waals surface area contributed by atoms with E-state index in [0.717, 1.165) is 0 Å². The van der Waals surface area contributed by atoms with Crippen LogP contribution in [0.4, 0.5) is 10.1 Å². The maximum absolute atomic E-state index is 13.2. The van der Waals surface area contributed by atoms with Gasteiger partial charge in [0.25, 0.3) is 0 Å². The molecule has 1 atom stereocenters. The van der Waals surface area contributed by atoms with E-state index >= 15 is 0 Å². The fourth-order valence-electron chi connectivity index (χ4n) is 2.34. The number of rotatable bonds is 5. The molecule has 0 saturated heterocycles. The van der Waals surface area contributed by atoms with Gasteiger partial charge >= 0.3 is 0 Å². The third kappa shape index (κ3) is 3.25. The summed E-state index contributed by atoms with van der Waals surface area (Å²) in [5.74, 6) is 0.108. The Hall–Kier alpha value is -2.82. The maximum Gasteiger partial charge on any atom is 0.226 e. The van der Waals surface area contributed by atoms with Crippen molar-refractivity contribution in [3.05, 3.63) is 78.8 Å². The van der Waals surface area contributed by atoms with Gasteiger partial charge in [-0.15, -0.1) is 0 Å².